The van der Waals surface area contributed by atoms with E-state index in [1.807, 2.05) is 30.3 Å². The van der Waals surface area contributed by atoms with Gasteiger partial charge in [0.25, 0.3) is 0 Å². The highest BCUT2D eigenvalue weighted by atomic mass is 16.5. The van der Waals surface area contributed by atoms with E-state index in [1.54, 1.807) is 6.92 Å². The molecule has 104 valence electrons. The third-order valence-corrected chi connectivity index (χ3v) is 2.57. The van der Waals surface area contributed by atoms with Gasteiger partial charge in [0, 0.05) is 6.54 Å². The zero-order chi connectivity index (χ0) is 14.1. The third kappa shape index (κ3) is 6.01. The van der Waals surface area contributed by atoms with Crippen molar-refractivity contribution in [3.05, 3.63) is 35.9 Å². The summed E-state index contributed by atoms with van der Waals surface area (Å²) in [5.41, 5.74) is 0.943. The molecule has 0 aliphatic carbocycles. The summed E-state index contributed by atoms with van der Waals surface area (Å²) in [6.45, 7) is 2.45. The summed E-state index contributed by atoms with van der Waals surface area (Å²) in [7, 11) is 1.34. The van der Waals surface area contributed by atoms with Crippen LogP contribution in [0, 0.1) is 5.92 Å². The molecule has 0 unspecified atom stereocenters. The molecule has 1 atom stereocenters. The minimum Gasteiger partial charge on any atom is -0.469 e. The van der Waals surface area contributed by atoms with E-state index in [-0.39, 0.29) is 31.0 Å². The molecule has 0 heterocycles. The Labute approximate surface area is 112 Å². The van der Waals surface area contributed by atoms with Crippen LogP contribution in [0.5, 0.6) is 0 Å². The van der Waals surface area contributed by atoms with Crippen molar-refractivity contribution in [2.75, 3.05) is 20.2 Å². The number of methoxy groups -OCH3 is 1. The number of benzene rings is 1. The number of rotatable bonds is 7. The minimum atomic E-state index is -0.346. The molecule has 0 fully saturated rings. The molecule has 0 spiro atoms. The highest BCUT2D eigenvalue weighted by Gasteiger charge is 2.13. The quantitative estimate of drug-likeness (QED) is 0.749. The molecular formula is C14H19NO4. The maximum absolute atomic E-state index is 11.4. The van der Waals surface area contributed by atoms with Crippen molar-refractivity contribution < 1.29 is 19.1 Å². The van der Waals surface area contributed by atoms with E-state index in [1.165, 1.54) is 7.11 Å². The predicted molar refractivity (Wildman–Crippen MR) is 70.3 cm³/mol. The van der Waals surface area contributed by atoms with Gasteiger partial charge in [0.1, 0.15) is 6.61 Å². The zero-order valence-electron chi connectivity index (χ0n) is 11.2. The smallest absolute Gasteiger partial charge is 0.320 e. The highest BCUT2D eigenvalue weighted by Crippen LogP contribution is 2.00. The predicted octanol–water partition coefficient (Wildman–Crippen LogP) is 1.13. The SMILES string of the molecule is COC(=O)[C@H](C)CNCC(=O)OCc1ccccc1. The van der Waals surface area contributed by atoms with Gasteiger partial charge in [-0.1, -0.05) is 37.3 Å². The fourth-order valence-electron chi connectivity index (χ4n) is 1.46. The summed E-state index contributed by atoms with van der Waals surface area (Å²) in [5, 5.41) is 2.86. The Kier molecular flexibility index (Phi) is 6.60. The summed E-state index contributed by atoms with van der Waals surface area (Å²) >= 11 is 0. The summed E-state index contributed by atoms with van der Waals surface area (Å²) < 4.78 is 9.66. The van der Waals surface area contributed by atoms with Crippen LogP contribution in [0.3, 0.4) is 0 Å². The Morgan fingerprint density at radius 1 is 1.26 bits per heavy atom. The van der Waals surface area contributed by atoms with Crippen LogP contribution in [0.15, 0.2) is 30.3 Å². The Morgan fingerprint density at radius 3 is 2.58 bits per heavy atom. The average molecular weight is 265 g/mol. The standard InChI is InChI=1S/C14H19NO4/c1-11(14(17)18-2)8-15-9-13(16)19-10-12-6-4-3-5-7-12/h3-7,11,15H,8-10H2,1-2H3/t11-/m1/s1. The van der Waals surface area contributed by atoms with E-state index in [0.717, 1.165) is 5.56 Å². The fourth-order valence-corrected chi connectivity index (χ4v) is 1.46. The lowest BCUT2D eigenvalue weighted by atomic mass is 10.2. The van der Waals surface area contributed by atoms with Crippen LogP contribution in [0.25, 0.3) is 0 Å². The van der Waals surface area contributed by atoms with Gasteiger partial charge in [0.2, 0.25) is 0 Å². The topological polar surface area (TPSA) is 64.6 Å². The number of ether oxygens (including phenoxy) is 2. The van der Waals surface area contributed by atoms with Crippen LogP contribution in [0.2, 0.25) is 0 Å². The second-order valence-corrected chi connectivity index (χ2v) is 4.20. The average Bonchev–Trinajstić information content (AvgIpc) is 2.45. The van der Waals surface area contributed by atoms with Gasteiger partial charge < -0.3 is 14.8 Å². The molecule has 0 bridgehead atoms. The number of carbonyl (C=O) groups is 2. The molecule has 1 aromatic carbocycles. The first-order valence-electron chi connectivity index (χ1n) is 6.11. The molecule has 5 nitrogen and oxygen atoms in total. The summed E-state index contributed by atoms with van der Waals surface area (Å²) in [5.74, 6) is -0.932. The van der Waals surface area contributed by atoms with E-state index < -0.39 is 0 Å². The van der Waals surface area contributed by atoms with Crippen LogP contribution < -0.4 is 5.32 Å². The van der Waals surface area contributed by atoms with Gasteiger partial charge in [-0.05, 0) is 5.56 Å². The van der Waals surface area contributed by atoms with Gasteiger partial charge in [-0.15, -0.1) is 0 Å². The molecule has 0 saturated carbocycles. The largest absolute Gasteiger partial charge is 0.469 e. The van der Waals surface area contributed by atoms with Gasteiger partial charge >= 0.3 is 11.9 Å². The first-order chi connectivity index (χ1) is 9.13. The number of nitrogens with one attached hydrogen (secondary N) is 1. The van der Waals surface area contributed by atoms with Crippen molar-refractivity contribution in [1.29, 1.82) is 0 Å². The fraction of sp³-hybridized carbons (Fsp3) is 0.429. The second kappa shape index (κ2) is 8.26. The molecule has 0 aromatic heterocycles. The maximum atomic E-state index is 11.4. The van der Waals surface area contributed by atoms with Crippen LogP contribution in [0.4, 0.5) is 0 Å². The monoisotopic (exact) mass is 265 g/mol. The molecule has 0 radical (unpaired) electrons. The zero-order valence-corrected chi connectivity index (χ0v) is 11.2. The van der Waals surface area contributed by atoms with Gasteiger partial charge in [-0.25, -0.2) is 0 Å². The van der Waals surface area contributed by atoms with E-state index in [2.05, 4.69) is 10.1 Å². The molecule has 1 N–H and O–H groups in total. The van der Waals surface area contributed by atoms with Crippen molar-refractivity contribution in [1.82, 2.24) is 5.32 Å². The highest BCUT2D eigenvalue weighted by molar-refractivity contribution is 5.73. The number of hydrogen-bond donors (Lipinski definition) is 1. The van der Waals surface area contributed by atoms with Crippen LogP contribution in [-0.4, -0.2) is 32.1 Å². The van der Waals surface area contributed by atoms with E-state index in [0.29, 0.717) is 6.54 Å². The minimum absolute atomic E-state index is 0.0775. The Hall–Kier alpha value is -1.88. The summed E-state index contributed by atoms with van der Waals surface area (Å²) in [4.78, 5) is 22.6. The molecule has 0 aliphatic heterocycles. The molecule has 19 heavy (non-hydrogen) atoms. The summed E-state index contributed by atoms with van der Waals surface area (Å²) in [6, 6.07) is 9.46. The number of hydrogen-bond acceptors (Lipinski definition) is 5. The van der Waals surface area contributed by atoms with Gasteiger partial charge in [0.15, 0.2) is 0 Å². The normalized spacial score (nSPS) is 11.7. The molecule has 5 heteroatoms. The Bertz CT molecular complexity index is 405. The van der Waals surface area contributed by atoms with Crippen molar-refractivity contribution in [2.24, 2.45) is 5.92 Å². The first-order valence-corrected chi connectivity index (χ1v) is 6.11. The molecular weight excluding hydrogens is 246 g/mol. The van der Waals surface area contributed by atoms with Crippen molar-refractivity contribution >= 4 is 11.9 Å². The van der Waals surface area contributed by atoms with Crippen LogP contribution in [-0.2, 0) is 25.7 Å². The lowest BCUT2D eigenvalue weighted by Crippen LogP contribution is -2.32. The van der Waals surface area contributed by atoms with Crippen molar-refractivity contribution in [3.8, 4) is 0 Å². The lowest BCUT2D eigenvalue weighted by Gasteiger charge is -2.10. The summed E-state index contributed by atoms with van der Waals surface area (Å²) in [6.07, 6.45) is 0. The van der Waals surface area contributed by atoms with Crippen molar-refractivity contribution in [2.45, 2.75) is 13.5 Å². The van der Waals surface area contributed by atoms with Crippen LogP contribution >= 0.6 is 0 Å². The molecule has 0 amide bonds. The second-order valence-electron chi connectivity index (χ2n) is 4.20. The van der Waals surface area contributed by atoms with E-state index in [4.69, 9.17) is 4.74 Å². The Morgan fingerprint density at radius 2 is 1.95 bits per heavy atom. The lowest BCUT2D eigenvalue weighted by molar-refractivity contribution is -0.146. The van der Waals surface area contributed by atoms with Crippen LogP contribution in [0.1, 0.15) is 12.5 Å². The van der Waals surface area contributed by atoms with Crippen molar-refractivity contribution in [3.63, 3.8) is 0 Å². The third-order valence-electron chi connectivity index (χ3n) is 2.57. The maximum Gasteiger partial charge on any atom is 0.320 e. The number of carbonyl (C=O) groups excluding carboxylic acids is 2. The first kappa shape index (κ1) is 15.2. The van der Waals surface area contributed by atoms with Gasteiger partial charge in [0.05, 0.1) is 19.6 Å². The van der Waals surface area contributed by atoms with Gasteiger partial charge in [-0.2, -0.15) is 0 Å². The van der Waals surface area contributed by atoms with Gasteiger partial charge in [-0.3, -0.25) is 9.59 Å². The molecule has 0 aliphatic rings. The van der Waals surface area contributed by atoms with E-state index >= 15 is 0 Å². The molecule has 1 rings (SSSR count). The Balaban J connectivity index is 2.16. The van der Waals surface area contributed by atoms with E-state index in [9.17, 15) is 9.59 Å². The molecule has 1 aromatic rings. The number of esters is 2. The molecule has 0 saturated heterocycles.